The van der Waals surface area contributed by atoms with Crippen LogP contribution in [0.3, 0.4) is 0 Å². The van der Waals surface area contributed by atoms with Gasteiger partial charge in [-0.1, -0.05) is 33.6 Å². The number of halogens is 2. The largest absolute Gasteiger partial charge is 0.244 e. The van der Waals surface area contributed by atoms with E-state index in [1.165, 1.54) is 0 Å². The second-order valence-electron chi connectivity index (χ2n) is 2.03. The van der Waals surface area contributed by atoms with E-state index in [9.17, 15) is 0 Å². The van der Waals surface area contributed by atoms with Gasteiger partial charge in [-0.3, -0.25) is 0 Å². The zero-order valence-corrected chi connectivity index (χ0v) is 7.85. The lowest BCUT2D eigenvalue weighted by molar-refractivity contribution is 1.09. The second-order valence-corrected chi connectivity index (χ2v) is 3.79. The van der Waals surface area contributed by atoms with E-state index in [1.807, 2.05) is 13.0 Å². The predicted octanol–water partition coefficient (Wildman–Crippen LogP) is 3.19. The van der Waals surface area contributed by atoms with Crippen molar-refractivity contribution < 1.29 is 0 Å². The zero-order valence-electron chi connectivity index (χ0n) is 5.51. The molecular formula is C7H7BrClN. The Labute approximate surface area is 73.6 Å². The Morgan fingerprint density at radius 3 is 2.70 bits per heavy atom. The third-order valence-corrected chi connectivity index (χ3v) is 1.96. The number of hydrogen-bond donors (Lipinski definition) is 0. The first-order valence-corrected chi connectivity index (χ1v) is 4.25. The van der Waals surface area contributed by atoms with Crippen LogP contribution < -0.4 is 0 Å². The smallest absolute Gasteiger partial charge is 0.129 e. The topological polar surface area (TPSA) is 12.9 Å². The van der Waals surface area contributed by atoms with Crippen molar-refractivity contribution in [1.82, 2.24) is 4.98 Å². The van der Waals surface area contributed by atoms with Crippen LogP contribution in [0, 0.1) is 0 Å². The van der Waals surface area contributed by atoms with Crippen molar-refractivity contribution in [1.29, 1.82) is 0 Å². The molecule has 0 fully saturated rings. The number of rotatable bonds is 1. The molecule has 0 N–H and O–H groups in total. The third-order valence-electron chi connectivity index (χ3n) is 1.21. The van der Waals surface area contributed by atoms with Gasteiger partial charge in [-0.05, 0) is 18.6 Å². The zero-order chi connectivity index (χ0) is 7.56. The van der Waals surface area contributed by atoms with Crippen molar-refractivity contribution >= 4 is 27.5 Å². The average molecular weight is 220 g/mol. The molecule has 1 aromatic heterocycles. The highest BCUT2D eigenvalue weighted by Gasteiger charge is 1.98. The first-order valence-electron chi connectivity index (χ1n) is 2.95. The average Bonchev–Trinajstić information content (AvgIpc) is 1.88. The Bertz CT molecular complexity index is 207. The first kappa shape index (κ1) is 8.02. The minimum Gasteiger partial charge on any atom is -0.244 e. The van der Waals surface area contributed by atoms with Crippen LogP contribution >= 0.6 is 27.5 Å². The minimum absolute atomic E-state index is 0.345. The van der Waals surface area contributed by atoms with E-state index in [1.54, 1.807) is 12.3 Å². The SMILES string of the molecule is C[C@H](Br)c1ccc(Cl)nc1. The van der Waals surface area contributed by atoms with E-state index in [0.717, 1.165) is 5.56 Å². The molecule has 1 nitrogen and oxygen atoms in total. The Balaban J connectivity index is 2.89. The molecule has 0 saturated heterocycles. The Hall–Kier alpha value is -0.0800. The molecule has 1 aromatic rings. The summed E-state index contributed by atoms with van der Waals surface area (Å²) in [4.78, 5) is 4.28. The van der Waals surface area contributed by atoms with E-state index < -0.39 is 0 Å². The number of hydrogen-bond acceptors (Lipinski definition) is 1. The van der Waals surface area contributed by atoms with Crippen LogP contribution in [0.25, 0.3) is 0 Å². The normalized spacial score (nSPS) is 13.1. The number of pyridine rings is 1. The first-order chi connectivity index (χ1) is 4.70. The molecule has 1 heterocycles. The summed E-state index contributed by atoms with van der Waals surface area (Å²) in [6, 6.07) is 3.74. The summed E-state index contributed by atoms with van der Waals surface area (Å²) in [6.07, 6.45) is 1.77. The van der Waals surface area contributed by atoms with Crippen LogP contribution in [0.4, 0.5) is 0 Å². The fourth-order valence-corrected chi connectivity index (χ4v) is 1.01. The molecule has 3 heteroatoms. The van der Waals surface area contributed by atoms with Crippen molar-refractivity contribution in [2.45, 2.75) is 11.8 Å². The lowest BCUT2D eigenvalue weighted by Crippen LogP contribution is -1.84. The summed E-state index contributed by atoms with van der Waals surface area (Å²) < 4.78 is 0. The van der Waals surface area contributed by atoms with Crippen LogP contribution in [0.5, 0.6) is 0 Å². The van der Waals surface area contributed by atoms with Crippen LogP contribution in [0.1, 0.15) is 17.3 Å². The molecular weight excluding hydrogens is 213 g/mol. The molecule has 0 aliphatic carbocycles. The van der Waals surface area contributed by atoms with E-state index >= 15 is 0 Å². The molecule has 0 aliphatic rings. The highest BCUT2D eigenvalue weighted by atomic mass is 79.9. The van der Waals surface area contributed by atoms with Gasteiger partial charge >= 0.3 is 0 Å². The van der Waals surface area contributed by atoms with Gasteiger partial charge in [0.2, 0.25) is 0 Å². The Morgan fingerprint density at radius 1 is 1.60 bits per heavy atom. The molecule has 10 heavy (non-hydrogen) atoms. The molecule has 0 aliphatic heterocycles. The van der Waals surface area contributed by atoms with Crippen LogP contribution in [0.15, 0.2) is 18.3 Å². The van der Waals surface area contributed by atoms with Crippen LogP contribution in [-0.4, -0.2) is 4.98 Å². The van der Waals surface area contributed by atoms with Gasteiger partial charge in [0, 0.05) is 11.0 Å². The van der Waals surface area contributed by atoms with E-state index in [4.69, 9.17) is 11.6 Å². The molecule has 0 unspecified atom stereocenters. The minimum atomic E-state index is 0.345. The molecule has 0 spiro atoms. The second kappa shape index (κ2) is 3.35. The predicted molar refractivity (Wildman–Crippen MR) is 46.6 cm³/mol. The lowest BCUT2D eigenvalue weighted by atomic mass is 10.2. The fraction of sp³-hybridized carbons (Fsp3) is 0.286. The molecule has 0 saturated carbocycles. The standard InChI is InChI=1S/C7H7BrClN/c1-5(8)6-2-3-7(9)10-4-6/h2-5H,1H3/t5-/m0/s1. The van der Waals surface area contributed by atoms with Gasteiger partial charge in [0.1, 0.15) is 5.15 Å². The molecule has 0 radical (unpaired) electrons. The summed E-state index contributed by atoms with van der Waals surface area (Å²) >= 11 is 9.01. The van der Waals surface area contributed by atoms with Crippen molar-refractivity contribution in [3.05, 3.63) is 29.0 Å². The molecule has 0 aromatic carbocycles. The van der Waals surface area contributed by atoms with Gasteiger partial charge < -0.3 is 0 Å². The van der Waals surface area contributed by atoms with Crippen LogP contribution in [0.2, 0.25) is 5.15 Å². The summed E-state index contributed by atoms with van der Waals surface area (Å²) in [5.41, 5.74) is 1.14. The highest BCUT2D eigenvalue weighted by Crippen LogP contribution is 2.20. The summed E-state index contributed by atoms with van der Waals surface area (Å²) in [7, 11) is 0. The maximum Gasteiger partial charge on any atom is 0.129 e. The van der Waals surface area contributed by atoms with E-state index in [2.05, 4.69) is 20.9 Å². The van der Waals surface area contributed by atoms with Crippen molar-refractivity contribution in [3.63, 3.8) is 0 Å². The molecule has 0 amide bonds. The summed E-state index contributed by atoms with van der Waals surface area (Å²) in [5.74, 6) is 0. The monoisotopic (exact) mass is 219 g/mol. The van der Waals surface area contributed by atoms with Gasteiger partial charge in [0.25, 0.3) is 0 Å². The van der Waals surface area contributed by atoms with E-state index in [-0.39, 0.29) is 0 Å². The van der Waals surface area contributed by atoms with Gasteiger partial charge in [0.15, 0.2) is 0 Å². The quantitative estimate of drug-likeness (QED) is 0.523. The maximum absolute atomic E-state index is 5.59. The summed E-state index contributed by atoms with van der Waals surface area (Å²) in [6.45, 7) is 2.05. The number of aromatic nitrogens is 1. The maximum atomic E-state index is 5.59. The molecule has 1 rings (SSSR count). The van der Waals surface area contributed by atoms with Crippen molar-refractivity contribution in [3.8, 4) is 0 Å². The molecule has 0 bridgehead atoms. The number of nitrogens with zero attached hydrogens (tertiary/aromatic N) is 1. The van der Waals surface area contributed by atoms with Crippen LogP contribution in [-0.2, 0) is 0 Å². The summed E-state index contributed by atoms with van der Waals surface area (Å²) in [5, 5.41) is 0.539. The van der Waals surface area contributed by atoms with Crippen molar-refractivity contribution in [2.75, 3.05) is 0 Å². The van der Waals surface area contributed by atoms with Crippen molar-refractivity contribution in [2.24, 2.45) is 0 Å². The highest BCUT2D eigenvalue weighted by molar-refractivity contribution is 9.09. The molecule has 54 valence electrons. The Kier molecular flexibility index (Phi) is 2.69. The third kappa shape index (κ3) is 1.96. The van der Waals surface area contributed by atoms with Gasteiger partial charge in [-0.25, -0.2) is 4.98 Å². The van der Waals surface area contributed by atoms with Gasteiger partial charge in [-0.2, -0.15) is 0 Å². The van der Waals surface area contributed by atoms with Gasteiger partial charge in [0.05, 0.1) is 0 Å². The lowest BCUT2D eigenvalue weighted by Gasteiger charge is -2.00. The van der Waals surface area contributed by atoms with Gasteiger partial charge in [-0.15, -0.1) is 0 Å². The fourth-order valence-electron chi connectivity index (χ4n) is 0.623. The number of alkyl halides is 1. The Morgan fingerprint density at radius 2 is 2.30 bits per heavy atom. The van der Waals surface area contributed by atoms with E-state index in [0.29, 0.717) is 9.98 Å². The molecule has 1 atom stereocenters.